The van der Waals surface area contributed by atoms with E-state index in [2.05, 4.69) is 119 Å². The van der Waals surface area contributed by atoms with Gasteiger partial charge in [-0.05, 0) is 47.1 Å². The van der Waals surface area contributed by atoms with Gasteiger partial charge >= 0.3 is 0 Å². The summed E-state index contributed by atoms with van der Waals surface area (Å²) in [4.78, 5) is 0. The van der Waals surface area contributed by atoms with Crippen LogP contribution in [0.2, 0.25) is 0 Å². The lowest BCUT2D eigenvalue weighted by Crippen LogP contribution is -2.37. The van der Waals surface area contributed by atoms with E-state index >= 15 is 0 Å². The van der Waals surface area contributed by atoms with E-state index in [-0.39, 0.29) is 5.41 Å². The third kappa shape index (κ3) is 2.54. The number of benzene rings is 3. The Balaban J connectivity index is 1.77. The maximum absolute atomic E-state index is 6.91. The molecule has 0 radical (unpaired) electrons. The first-order chi connectivity index (χ1) is 16.4. The molecule has 0 N–H and O–H groups in total. The van der Waals surface area contributed by atoms with E-state index in [9.17, 15) is 0 Å². The van der Waals surface area contributed by atoms with E-state index in [1.54, 1.807) is 0 Å². The van der Waals surface area contributed by atoms with Crippen LogP contribution in [-0.4, -0.2) is 0 Å². The zero-order valence-corrected chi connectivity index (χ0v) is 20.9. The van der Waals surface area contributed by atoms with Crippen molar-refractivity contribution in [2.24, 2.45) is 18.9 Å². The number of aryl methyl sites for hydroxylation is 2. The minimum absolute atomic E-state index is 0.0241. The van der Waals surface area contributed by atoms with Gasteiger partial charge < -0.3 is 4.42 Å². The summed E-state index contributed by atoms with van der Waals surface area (Å²) >= 11 is 0. The highest BCUT2D eigenvalue weighted by molar-refractivity contribution is 6.14. The van der Waals surface area contributed by atoms with Crippen LogP contribution < -0.4 is 4.57 Å². The van der Waals surface area contributed by atoms with Gasteiger partial charge in [0.2, 0.25) is 5.69 Å². The predicted octanol–water partition coefficient (Wildman–Crippen LogP) is 7.96. The lowest BCUT2D eigenvalue weighted by molar-refractivity contribution is -0.660. The van der Waals surface area contributed by atoms with Gasteiger partial charge in [0.1, 0.15) is 18.2 Å². The number of hydrogen-bond acceptors (Lipinski definition) is 1. The molecule has 0 bridgehead atoms. The smallest absolute Gasteiger partial charge is 0.216 e. The van der Waals surface area contributed by atoms with Crippen molar-refractivity contribution in [3.63, 3.8) is 0 Å². The minimum atomic E-state index is -0.0241. The van der Waals surface area contributed by atoms with E-state index in [0.29, 0.717) is 11.8 Å². The first-order valence-electron chi connectivity index (χ1n) is 12.4. The fourth-order valence-electron chi connectivity index (χ4n) is 6.83. The van der Waals surface area contributed by atoms with Gasteiger partial charge in [-0.3, -0.25) is 0 Å². The molecule has 0 fully saturated rings. The van der Waals surface area contributed by atoms with Crippen molar-refractivity contribution in [1.29, 1.82) is 0 Å². The third-order valence-electron chi connectivity index (χ3n) is 8.24. The van der Waals surface area contributed by atoms with Crippen LogP contribution in [0, 0.1) is 18.8 Å². The predicted molar refractivity (Wildman–Crippen MR) is 141 cm³/mol. The molecule has 0 saturated carbocycles. The molecule has 0 saturated heterocycles. The third-order valence-corrected chi connectivity index (χ3v) is 8.24. The second-order valence-corrected chi connectivity index (χ2v) is 10.5. The fourth-order valence-corrected chi connectivity index (χ4v) is 6.83. The first kappa shape index (κ1) is 21.2. The number of aromatic nitrogens is 1. The lowest BCUT2D eigenvalue weighted by Gasteiger charge is -2.40. The molecule has 2 nitrogen and oxygen atoms in total. The van der Waals surface area contributed by atoms with Crippen LogP contribution in [0.15, 0.2) is 77.3 Å². The number of pyridine rings is 1. The SMILES string of the molecule is Cc1ccc2c(oc3c4c(ccc32)C(C(C)C)(C(C)C)c2ccccc2-4)c1-c1cccc[n+]1C. The highest BCUT2D eigenvalue weighted by atomic mass is 16.3. The van der Waals surface area contributed by atoms with Crippen LogP contribution in [-0.2, 0) is 12.5 Å². The second kappa shape index (κ2) is 7.30. The molecule has 5 aromatic rings. The number of furan rings is 1. The fraction of sp³-hybridized carbons (Fsp3) is 0.281. The molecular formula is C32H32NO+. The van der Waals surface area contributed by atoms with Gasteiger partial charge in [-0.15, -0.1) is 0 Å². The molecule has 6 rings (SSSR count). The summed E-state index contributed by atoms with van der Waals surface area (Å²) < 4.78 is 9.09. The van der Waals surface area contributed by atoms with Crippen LogP contribution in [0.25, 0.3) is 44.3 Å². The molecule has 0 amide bonds. The highest BCUT2D eigenvalue weighted by Crippen LogP contribution is 2.58. The van der Waals surface area contributed by atoms with Crippen molar-refractivity contribution in [2.45, 2.75) is 40.0 Å². The highest BCUT2D eigenvalue weighted by Gasteiger charge is 2.48. The van der Waals surface area contributed by atoms with Crippen LogP contribution >= 0.6 is 0 Å². The molecule has 2 aromatic heterocycles. The van der Waals surface area contributed by atoms with Crippen LogP contribution in [0.1, 0.15) is 44.4 Å². The van der Waals surface area contributed by atoms with Crippen molar-refractivity contribution in [3.05, 3.63) is 89.6 Å². The summed E-state index contributed by atoms with van der Waals surface area (Å²) in [5, 5.41) is 2.39. The standard InChI is InChI=1S/C32H32NO/c1-19(2)32(20(3)4)25-12-8-7-11-24(25)29-26(32)17-16-23-22-15-14-21(5)28(30(22)34-31(23)29)27-13-9-10-18-33(27)6/h7-20H,1-6H3/q+1. The summed E-state index contributed by atoms with van der Waals surface area (Å²) in [5.41, 5.74) is 11.0. The summed E-state index contributed by atoms with van der Waals surface area (Å²) in [6.07, 6.45) is 2.10. The van der Waals surface area contributed by atoms with Crippen molar-refractivity contribution in [2.75, 3.05) is 0 Å². The maximum atomic E-state index is 6.91. The van der Waals surface area contributed by atoms with Gasteiger partial charge in [-0.25, -0.2) is 4.57 Å². The van der Waals surface area contributed by atoms with E-state index in [1.165, 1.54) is 49.8 Å². The summed E-state index contributed by atoms with van der Waals surface area (Å²) in [7, 11) is 2.10. The molecule has 1 aliphatic carbocycles. The first-order valence-corrected chi connectivity index (χ1v) is 12.4. The Morgan fingerprint density at radius 2 is 1.35 bits per heavy atom. The van der Waals surface area contributed by atoms with Crippen molar-refractivity contribution in [3.8, 4) is 22.4 Å². The van der Waals surface area contributed by atoms with Gasteiger partial charge in [0.05, 0.1) is 5.56 Å². The Bertz CT molecular complexity index is 1580. The normalized spacial score (nSPS) is 14.4. The molecule has 0 spiro atoms. The Morgan fingerprint density at radius 1 is 0.706 bits per heavy atom. The topological polar surface area (TPSA) is 17.0 Å². The molecule has 0 unspecified atom stereocenters. The number of nitrogens with zero attached hydrogens (tertiary/aromatic N) is 1. The largest absolute Gasteiger partial charge is 0.454 e. The van der Waals surface area contributed by atoms with E-state index < -0.39 is 0 Å². The van der Waals surface area contributed by atoms with Crippen LogP contribution in [0.5, 0.6) is 0 Å². The van der Waals surface area contributed by atoms with Crippen molar-refractivity contribution in [1.82, 2.24) is 0 Å². The van der Waals surface area contributed by atoms with Gasteiger partial charge in [0, 0.05) is 33.9 Å². The van der Waals surface area contributed by atoms with Crippen LogP contribution in [0.4, 0.5) is 0 Å². The van der Waals surface area contributed by atoms with E-state index in [1.807, 2.05) is 0 Å². The Kier molecular flexibility index (Phi) is 4.55. The zero-order valence-electron chi connectivity index (χ0n) is 20.9. The summed E-state index contributed by atoms with van der Waals surface area (Å²) in [6.45, 7) is 11.6. The molecule has 0 aliphatic heterocycles. The van der Waals surface area contributed by atoms with Gasteiger partial charge in [-0.1, -0.05) is 76.2 Å². The van der Waals surface area contributed by atoms with Crippen molar-refractivity contribution >= 4 is 21.9 Å². The Labute approximate surface area is 201 Å². The molecule has 2 heteroatoms. The molecule has 170 valence electrons. The Hall–Kier alpha value is -3.39. The molecule has 34 heavy (non-hydrogen) atoms. The van der Waals surface area contributed by atoms with Gasteiger partial charge in [0.25, 0.3) is 0 Å². The average molecular weight is 447 g/mol. The lowest BCUT2D eigenvalue weighted by atomic mass is 9.63. The summed E-state index contributed by atoms with van der Waals surface area (Å²) in [5.74, 6) is 0.941. The van der Waals surface area contributed by atoms with E-state index in [4.69, 9.17) is 4.42 Å². The van der Waals surface area contributed by atoms with Gasteiger partial charge in [-0.2, -0.15) is 0 Å². The van der Waals surface area contributed by atoms with Crippen molar-refractivity contribution < 1.29 is 8.98 Å². The second-order valence-electron chi connectivity index (χ2n) is 10.5. The molecular weight excluding hydrogens is 414 g/mol. The molecule has 2 heterocycles. The maximum Gasteiger partial charge on any atom is 0.216 e. The number of fused-ring (bicyclic) bond motifs is 7. The van der Waals surface area contributed by atoms with E-state index in [0.717, 1.165) is 11.2 Å². The van der Waals surface area contributed by atoms with Gasteiger partial charge in [0.15, 0.2) is 6.20 Å². The molecule has 1 aliphatic rings. The monoisotopic (exact) mass is 446 g/mol. The Morgan fingerprint density at radius 3 is 2.06 bits per heavy atom. The molecule has 0 atom stereocenters. The zero-order chi connectivity index (χ0) is 23.8. The molecule has 3 aromatic carbocycles. The summed E-state index contributed by atoms with van der Waals surface area (Å²) in [6, 6.07) is 24.5. The number of hydrogen-bond donors (Lipinski definition) is 0. The average Bonchev–Trinajstić information content (AvgIpc) is 3.33. The number of rotatable bonds is 3. The minimum Gasteiger partial charge on any atom is -0.454 e. The quantitative estimate of drug-likeness (QED) is 0.257. The van der Waals surface area contributed by atoms with Crippen LogP contribution in [0.3, 0.4) is 0 Å².